The summed E-state index contributed by atoms with van der Waals surface area (Å²) < 4.78 is 43.0. The van der Waals surface area contributed by atoms with E-state index in [1.807, 2.05) is 49.3 Å². The van der Waals surface area contributed by atoms with Gasteiger partial charge in [-0.15, -0.1) is 0 Å². The molecule has 4 heterocycles. The van der Waals surface area contributed by atoms with Gasteiger partial charge in [0.1, 0.15) is 18.0 Å². The lowest BCUT2D eigenvalue weighted by molar-refractivity contribution is -0.131. The van der Waals surface area contributed by atoms with Crippen molar-refractivity contribution in [1.29, 1.82) is 0 Å². The van der Waals surface area contributed by atoms with Gasteiger partial charge in [-0.25, -0.2) is 13.1 Å². The molecule has 2 saturated heterocycles. The molecule has 2 aromatic rings. The number of allylic oxidation sites excluding steroid dienone is 1. The van der Waals surface area contributed by atoms with Crippen LogP contribution in [0.1, 0.15) is 67.4 Å². The van der Waals surface area contributed by atoms with E-state index >= 15 is 0 Å². The number of carbonyl (C=O) groups excluding carboxylic acids is 2. The predicted octanol–water partition coefficient (Wildman–Crippen LogP) is 5.53. The van der Waals surface area contributed by atoms with E-state index in [1.54, 1.807) is 13.0 Å². The topological polar surface area (TPSA) is 112 Å². The summed E-state index contributed by atoms with van der Waals surface area (Å²) in [5.41, 5.74) is 2.70. The van der Waals surface area contributed by atoms with Crippen molar-refractivity contribution in [3.63, 3.8) is 0 Å². The van der Waals surface area contributed by atoms with Gasteiger partial charge in [0.15, 0.2) is 0 Å². The molecule has 304 valence electrons. The maximum atomic E-state index is 13.7. The number of nitrogens with zero attached hydrogens (tertiary/aromatic N) is 4. The lowest BCUT2D eigenvalue weighted by atomic mass is 9.63. The highest BCUT2D eigenvalue weighted by molar-refractivity contribution is 7.90. The first-order valence-corrected chi connectivity index (χ1v) is 22.3. The number of aryl methyl sites for hydroxylation is 1. The van der Waals surface area contributed by atoms with E-state index in [-0.39, 0.29) is 29.3 Å². The Kier molecular flexibility index (Phi) is 12.5. The van der Waals surface area contributed by atoms with Gasteiger partial charge < -0.3 is 19.3 Å². The minimum Gasteiger partial charge on any atom is -0.487 e. The lowest BCUT2D eigenvalue weighted by Gasteiger charge is -2.53. The Morgan fingerprint density at radius 1 is 1.04 bits per heavy atom. The van der Waals surface area contributed by atoms with Crippen molar-refractivity contribution in [2.45, 2.75) is 75.9 Å². The Hall–Kier alpha value is -3.42. The van der Waals surface area contributed by atoms with Crippen LogP contribution in [-0.2, 0) is 32.6 Å². The summed E-state index contributed by atoms with van der Waals surface area (Å²) in [4.78, 5) is 35.5. The van der Waals surface area contributed by atoms with Crippen molar-refractivity contribution >= 4 is 39.1 Å². The van der Waals surface area contributed by atoms with Crippen molar-refractivity contribution < 1.29 is 27.5 Å². The minimum absolute atomic E-state index is 0.0166. The molecule has 5 aliphatic rings. The van der Waals surface area contributed by atoms with Crippen LogP contribution in [0.25, 0.3) is 0 Å². The van der Waals surface area contributed by atoms with E-state index in [0.29, 0.717) is 42.8 Å². The lowest BCUT2D eigenvalue weighted by Crippen LogP contribution is -2.65. The third-order valence-electron chi connectivity index (χ3n) is 13.3. The molecule has 1 N–H and O–H groups in total. The fourth-order valence-corrected chi connectivity index (χ4v) is 11.0. The SMILES string of the molecule is C=CC(=O)N1CCN2CCN(C[C@]3(OC)/C=C/C[C@H](C)[C@@H](C)S(=O)(=O)NC(=O)c4ccc5c(c4)N(CCCCc4cc(Cl)ccc4CO5)C[C@@H]4CC[C@H]43)C[C@@H]2C1. The second-order valence-corrected chi connectivity index (χ2v) is 19.1. The monoisotopic (exact) mass is 807 g/mol. The van der Waals surface area contributed by atoms with Gasteiger partial charge in [-0.3, -0.25) is 19.4 Å². The molecule has 0 radical (unpaired) electrons. The third kappa shape index (κ3) is 8.70. The van der Waals surface area contributed by atoms with Crippen LogP contribution in [0.5, 0.6) is 5.75 Å². The minimum atomic E-state index is -3.99. The summed E-state index contributed by atoms with van der Waals surface area (Å²) in [6.45, 7) is 14.8. The molecule has 4 aliphatic heterocycles. The number of nitrogens with one attached hydrogen (secondary N) is 1. The maximum absolute atomic E-state index is 13.7. The zero-order valence-corrected chi connectivity index (χ0v) is 34.7. The molecule has 3 fully saturated rings. The Labute approximate surface area is 338 Å². The molecule has 0 spiro atoms. The van der Waals surface area contributed by atoms with Crippen molar-refractivity contribution in [1.82, 2.24) is 19.4 Å². The van der Waals surface area contributed by atoms with Crippen molar-refractivity contribution in [2.24, 2.45) is 17.8 Å². The summed E-state index contributed by atoms with van der Waals surface area (Å²) in [5.74, 6) is 0.239. The number of rotatable bonds is 4. The van der Waals surface area contributed by atoms with Gasteiger partial charge in [0.05, 0.1) is 10.9 Å². The molecule has 0 aromatic heterocycles. The average Bonchev–Trinajstić information content (AvgIpc) is 3.21. The number of anilines is 1. The molecule has 1 saturated carbocycles. The van der Waals surface area contributed by atoms with Gasteiger partial charge in [-0.2, -0.15) is 0 Å². The molecule has 56 heavy (non-hydrogen) atoms. The van der Waals surface area contributed by atoms with Crippen LogP contribution in [0.2, 0.25) is 5.02 Å². The van der Waals surface area contributed by atoms with Crippen LogP contribution >= 0.6 is 11.6 Å². The molecule has 2 bridgehead atoms. The Morgan fingerprint density at radius 3 is 2.62 bits per heavy atom. The van der Waals surface area contributed by atoms with Crippen molar-refractivity contribution in [3.05, 3.63) is 82.9 Å². The second kappa shape index (κ2) is 17.2. The van der Waals surface area contributed by atoms with Crippen molar-refractivity contribution in [3.8, 4) is 5.75 Å². The first kappa shape index (κ1) is 40.8. The number of amides is 2. The highest BCUT2D eigenvalue weighted by Crippen LogP contribution is 2.47. The number of benzene rings is 2. The number of carbonyl (C=O) groups is 2. The van der Waals surface area contributed by atoms with Gasteiger partial charge in [-0.1, -0.05) is 43.3 Å². The molecule has 0 unspecified atom stereocenters. The summed E-state index contributed by atoms with van der Waals surface area (Å²) in [6, 6.07) is 11.4. The Balaban J connectivity index is 1.23. The van der Waals surface area contributed by atoms with E-state index in [0.717, 1.165) is 89.2 Å². The van der Waals surface area contributed by atoms with Gasteiger partial charge in [0.2, 0.25) is 15.9 Å². The van der Waals surface area contributed by atoms with E-state index in [2.05, 4.69) is 38.2 Å². The van der Waals surface area contributed by atoms with Gasteiger partial charge in [-0.05, 0) is 111 Å². The first-order chi connectivity index (χ1) is 26.9. The summed E-state index contributed by atoms with van der Waals surface area (Å²) in [6.07, 6.45) is 11.0. The summed E-state index contributed by atoms with van der Waals surface area (Å²) in [5, 5.41) is -0.109. The molecular formula is C43H58ClN5O6S. The zero-order valence-electron chi connectivity index (χ0n) is 33.1. The quantitative estimate of drug-likeness (QED) is 0.315. The molecule has 1 aliphatic carbocycles. The highest BCUT2D eigenvalue weighted by Gasteiger charge is 2.49. The highest BCUT2D eigenvalue weighted by atomic mass is 35.5. The fraction of sp³-hybridized carbons (Fsp3) is 0.581. The molecular weight excluding hydrogens is 750 g/mol. The smallest absolute Gasteiger partial charge is 0.264 e. The number of hydrogen-bond acceptors (Lipinski definition) is 9. The van der Waals surface area contributed by atoms with E-state index < -0.39 is 26.8 Å². The van der Waals surface area contributed by atoms with E-state index in [9.17, 15) is 18.0 Å². The average molecular weight is 808 g/mol. The number of fused-ring (bicyclic) bond motifs is 4. The Bertz CT molecular complexity index is 1930. The molecule has 2 aromatic carbocycles. The maximum Gasteiger partial charge on any atom is 0.264 e. The van der Waals surface area contributed by atoms with Crippen LogP contribution in [0.15, 0.2) is 61.2 Å². The van der Waals surface area contributed by atoms with E-state index in [1.165, 1.54) is 11.6 Å². The number of piperazine rings is 2. The van der Waals surface area contributed by atoms with Gasteiger partial charge >= 0.3 is 0 Å². The predicted molar refractivity (Wildman–Crippen MR) is 221 cm³/mol. The summed E-state index contributed by atoms with van der Waals surface area (Å²) >= 11 is 6.42. The largest absolute Gasteiger partial charge is 0.487 e. The first-order valence-electron chi connectivity index (χ1n) is 20.4. The molecule has 13 heteroatoms. The number of methoxy groups -OCH3 is 1. The standard InChI is InChI=1S/C43H58ClN5O6S/c1-5-41(50)49-22-21-47-20-19-46(26-37(47)27-49)29-43(54-4)17-8-9-30(2)31(3)56(52,53)45-42(51)33-13-16-40-39(24-33)48(25-34-12-15-38(34)43)18-7-6-10-32-23-36(44)14-11-35(32)28-55-40/h5,8,11,13-14,16-17,23-24,30-31,34,37-38H,1,6-7,9-10,12,15,18-22,25-29H2,2-4H3,(H,45,51)/b17-8+/t30-,31+,34-,37+,38+,43+/m0/s1. The van der Waals surface area contributed by atoms with E-state index in [4.69, 9.17) is 21.1 Å². The van der Waals surface area contributed by atoms with Gasteiger partial charge in [0, 0.05) is 82.6 Å². The van der Waals surface area contributed by atoms with Crippen LogP contribution < -0.4 is 14.4 Å². The molecule has 7 rings (SSSR count). The van der Waals surface area contributed by atoms with Crippen molar-refractivity contribution in [2.75, 3.05) is 70.9 Å². The number of ether oxygens (including phenoxy) is 2. The number of hydrogen-bond donors (Lipinski definition) is 1. The number of halogens is 1. The van der Waals surface area contributed by atoms with Crippen LogP contribution in [0.3, 0.4) is 0 Å². The molecule has 11 nitrogen and oxygen atoms in total. The van der Waals surface area contributed by atoms with Crippen LogP contribution in [0.4, 0.5) is 5.69 Å². The fourth-order valence-electron chi connectivity index (χ4n) is 9.47. The molecule has 2 amide bonds. The third-order valence-corrected chi connectivity index (χ3v) is 15.4. The normalized spacial score (nSPS) is 30.9. The Morgan fingerprint density at radius 2 is 1.86 bits per heavy atom. The summed E-state index contributed by atoms with van der Waals surface area (Å²) in [7, 11) is -2.18. The van der Waals surface area contributed by atoms with Gasteiger partial charge in [0.25, 0.3) is 5.91 Å². The van der Waals surface area contributed by atoms with Crippen LogP contribution in [0, 0.1) is 17.8 Å². The number of sulfonamides is 1. The zero-order chi connectivity index (χ0) is 39.6. The second-order valence-electron chi connectivity index (χ2n) is 16.6. The van der Waals surface area contributed by atoms with Crippen LogP contribution in [-0.4, -0.2) is 118 Å². The molecule has 6 atom stereocenters.